The van der Waals surface area contributed by atoms with Crippen LogP contribution in [0.2, 0.25) is 0 Å². The van der Waals surface area contributed by atoms with Gasteiger partial charge in [0.1, 0.15) is 5.76 Å². The Labute approximate surface area is 151 Å². The second-order valence-corrected chi connectivity index (χ2v) is 6.73. The molecule has 0 amide bonds. The van der Waals surface area contributed by atoms with E-state index in [1.165, 1.54) is 11.6 Å². The van der Waals surface area contributed by atoms with E-state index >= 15 is 0 Å². The largest absolute Gasteiger partial charge is 0.502 e. The fourth-order valence-corrected chi connectivity index (χ4v) is 3.38. The summed E-state index contributed by atoms with van der Waals surface area (Å²) in [5.74, 6) is 2.20. The zero-order chi connectivity index (χ0) is 18.1. The van der Waals surface area contributed by atoms with E-state index in [9.17, 15) is 9.90 Å². The molecular formula is C19H22N2O5. The Hall–Kier alpha value is -2.51. The van der Waals surface area contributed by atoms with Crippen LogP contribution in [-0.4, -0.2) is 47.9 Å². The number of nitrogens with zero attached hydrogens (tertiary/aromatic N) is 2. The summed E-state index contributed by atoms with van der Waals surface area (Å²) in [7, 11) is 0. The molecule has 4 rings (SSSR count). The van der Waals surface area contributed by atoms with E-state index in [1.54, 1.807) is 6.92 Å². The average Bonchev–Trinajstić information content (AvgIpc) is 3.09. The van der Waals surface area contributed by atoms with Crippen molar-refractivity contribution in [3.05, 3.63) is 51.6 Å². The maximum atomic E-state index is 11.7. The number of benzene rings is 1. The van der Waals surface area contributed by atoms with Crippen LogP contribution in [0.5, 0.6) is 17.2 Å². The van der Waals surface area contributed by atoms with Crippen LogP contribution in [0.25, 0.3) is 0 Å². The van der Waals surface area contributed by atoms with Gasteiger partial charge < -0.3 is 19.0 Å². The molecule has 0 saturated carbocycles. The molecule has 7 nitrogen and oxygen atoms in total. The molecule has 3 heterocycles. The van der Waals surface area contributed by atoms with E-state index < -0.39 is 0 Å². The van der Waals surface area contributed by atoms with Gasteiger partial charge in [0.15, 0.2) is 17.3 Å². The van der Waals surface area contributed by atoms with Crippen molar-refractivity contribution >= 4 is 0 Å². The quantitative estimate of drug-likeness (QED) is 0.891. The molecule has 1 N–H and O–H groups in total. The summed E-state index contributed by atoms with van der Waals surface area (Å²) in [5, 5.41) is 9.91. The van der Waals surface area contributed by atoms with Gasteiger partial charge in [-0.25, -0.2) is 0 Å². The van der Waals surface area contributed by atoms with E-state index in [-0.39, 0.29) is 11.2 Å². The molecule has 1 fully saturated rings. The third-order valence-electron chi connectivity index (χ3n) is 4.79. The zero-order valence-electron chi connectivity index (χ0n) is 14.7. The molecule has 7 heteroatoms. The Morgan fingerprint density at radius 1 is 1.00 bits per heavy atom. The van der Waals surface area contributed by atoms with E-state index in [4.69, 9.17) is 13.9 Å². The van der Waals surface area contributed by atoms with Crippen molar-refractivity contribution in [3.63, 3.8) is 0 Å². The van der Waals surface area contributed by atoms with Crippen molar-refractivity contribution in [2.45, 2.75) is 20.0 Å². The summed E-state index contributed by atoms with van der Waals surface area (Å²) < 4.78 is 16.3. The Balaban J connectivity index is 1.34. The highest BCUT2D eigenvalue weighted by molar-refractivity contribution is 5.44. The fraction of sp³-hybridized carbons (Fsp3) is 0.421. The second-order valence-electron chi connectivity index (χ2n) is 6.73. The molecule has 0 radical (unpaired) electrons. The predicted octanol–water partition coefficient (Wildman–Crippen LogP) is 1.70. The van der Waals surface area contributed by atoms with Crippen LogP contribution in [-0.2, 0) is 13.1 Å². The smallest absolute Gasteiger partial charge is 0.231 e. The van der Waals surface area contributed by atoms with Crippen molar-refractivity contribution < 1.29 is 19.0 Å². The number of aromatic hydroxyl groups is 1. The number of piperazine rings is 1. The summed E-state index contributed by atoms with van der Waals surface area (Å²) in [6.07, 6.45) is 0. The van der Waals surface area contributed by atoms with Crippen LogP contribution in [0.4, 0.5) is 0 Å². The Morgan fingerprint density at radius 2 is 1.69 bits per heavy atom. The predicted molar refractivity (Wildman–Crippen MR) is 94.5 cm³/mol. The molecule has 138 valence electrons. The normalized spacial score (nSPS) is 17.6. The number of aryl methyl sites for hydroxylation is 1. The zero-order valence-corrected chi connectivity index (χ0v) is 14.7. The van der Waals surface area contributed by atoms with E-state index in [0.29, 0.717) is 24.9 Å². The fourth-order valence-electron chi connectivity index (χ4n) is 3.38. The van der Waals surface area contributed by atoms with Gasteiger partial charge in [-0.15, -0.1) is 0 Å². The van der Waals surface area contributed by atoms with Crippen molar-refractivity contribution in [1.29, 1.82) is 0 Å². The minimum absolute atomic E-state index is 0.279. The molecule has 1 aromatic heterocycles. The standard InChI is InChI=1S/C19H22N2O5/c1-13-8-15(22)19(23)18(26-13)11-21-6-4-20(5-7-21)10-14-2-3-16-17(9-14)25-12-24-16/h2-3,8-9,23H,4-7,10-12H2,1H3. The van der Waals surface area contributed by atoms with Crippen molar-refractivity contribution in [2.24, 2.45) is 0 Å². The first kappa shape index (κ1) is 16.9. The lowest BCUT2D eigenvalue weighted by Crippen LogP contribution is -2.45. The molecule has 0 bridgehead atoms. The lowest BCUT2D eigenvalue weighted by atomic mass is 10.1. The molecule has 1 saturated heterocycles. The average molecular weight is 358 g/mol. The number of hydrogen-bond acceptors (Lipinski definition) is 7. The minimum Gasteiger partial charge on any atom is -0.502 e. The summed E-state index contributed by atoms with van der Waals surface area (Å²) in [4.78, 5) is 16.2. The van der Waals surface area contributed by atoms with Gasteiger partial charge in [-0.1, -0.05) is 6.07 Å². The molecule has 2 aromatic rings. The number of fused-ring (bicyclic) bond motifs is 1. The monoisotopic (exact) mass is 358 g/mol. The second kappa shape index (κ2) is 7.01. The highest BCUT2D eigenvalue weighted by Crippen LogP contribution is 2.32. The van der Waals surface area contributed by atoms with E-state index in [0.717, 1.165) is 44.2 Å². The van der Waals surface area contributed by atoms with Gasteiger partial charge in [0.2, 0.25) is 18.0 Å². The van der Waals surface area contributed by atoms with Gasteiger partial charge in [0.05, 0.1) is 6.54 Å². The highest BCUT2D eigenvalue weighted by atomic mass is 16.7. The van der Waals surface area contributed by atoms with Gasteiger partial charge in [-0.05, 0) is 24.6 Å². The summed E-state index contributed by atoms with van der Waals surface area (Å²) in [5.41, 5.74) is 0.815. The van der Waals surface area contributed by atoms with Crippen LogP contribution in [0.15, 0.2) is 33.5 Å². The number of ether oxygens (including phenoxy) is 2. The summed E-state index contributed by atoms with van der Waals surface area (Å²) in [6, 6.07) is 7.37. The number of rotatable bonds is 4. The molecule has 2 aliphatic heterocycles. The van der Waals surface area contributed by atoms with Gasteiger partial charge >= 0.3 is 0 Å². The first-order chi connectivity index (χ1) is 12.6. The van der Waals surface area contributed by atoms with E-state index in [1.807, 2.05) is 12.1 Å². The number of hydrogen-bond donors (Lipinski definition) is 1. The maximum Gasteiger partial charge on any atom is 0.231 e. The minimum atomic E-state index is -0.384. The van der Waals surface area contributed by atoms with Gasteiger partial charge in [0.25, 0.3) is 0 Å². The molecule has 2 aliphatic rings. The maximum absolute atomic E-state index is 11.7. The van der Waals surface area contributed by atoms with Crippen molar-refractivity contribution in [2.75, 3.05) is 33.0 Å². The Kier molecular flexibility index (Phi) is 4.57. The van der Waals surface area contributed by atoms with Crippen molar-refractivity contribution in [3.8, 4) is 17.2 Å². The van der Waals surface area contributed by atoms with Crippen LogP contribution in [0.1, 0.15) is 17.1 Å². The van der Waals surface area contributed by atoms with Crippen molar-refractivity contribution in [1.82, 2.24) is 9.80 Å². The Morgan fingerprint density at radius 3 is 2.46 bits per heavy atom. The van der Waals surface area contributed by atoms with Gasteiger partial charge in [-0.2, -0.15) is 0 Å². The molecule has 0 spiro atoms. The van der Waals surface area contributed by atoms with Gasteiger partial charge in [0, 0.05) is 38.8 Å². The summed E-state index contributed by atoms with van der Waals surface area (Å²) in [6.45, 7) is 6.82. The molecular weight excluding hydrogens is 336 g/mol. The van der Waals surface area contributed by atoms with Gasteiger partial charge in [-0.3, -0.25) is 14.6 Å². The highest BCUT2D eigenvalue weighted by Gasteiger charge is 2.21. The summed E-state index contributed by atoms with van der Waals surface area (Å²) >= 11 is 0. The third-order valence-corrected chi connectivity index (χ3v) is 4.79. The van der Waals surface area contributed by atoms with Crippen LogP contribution in [0, 0.1) is 6.92 Å². The Bertz CT molecular complexity index is 855. The third kappa shape index (κ3) is 3.54. The molecule has 0 atom stereocenters. The first-order valence-electron chi connectivity index (χ1n) is 8.74. The van der Waals surface area contributed by atoms with Crippen LogP contribution >= 0.6 is 0 Å². The van der Waals surface area contributed by atoms with E-state index in [2.05, 4.69) is 15.9 Å². The lowest BCUT2D eigenvalue weighted by Gasteiger charge is -2.34. The first-order valence-corrected chi connectivity index (χ1v) is 8.74. The lowest BCUT2D eigenvalue weighted by molar-refractivity contribution is 0.113. The molecule has 0 unspecified atom stereocenters. The molecule has 0 aliphatic carbocycles. The topological polar surface area (TPSA) is 75.4 Å². The van der Waals surface area contributed by atoms with Crippen LogP contribution in [0.3, 0.4) is 0 Å². The SMILES string of the molecule is Cc1cc(=O)c(O)c(CN2CCN(Cc3ccc4c(c3)OCO4)CC2)o1. The molecule has 1 aromatic carbocycles. The van der Waals surface area contributed by atoms with Crippen LogP contribution < -0.4 is 14.9 Å². The molecule has 26 heavy (non-hydrogen) atoms.